The van der Waals surface area contributed by atoms with Crippen molar-refractivity contribution in [3.05, 3.63) is 32.3 Å². The highest BCUT2D eigenvalue weighted by Gasteiger charge is 2.53. The van der Waals surface area contributed by atoms with E-state index in [0.717, 1.165) is 34.6 Å². The molecule has 0 spiro atoms. The van der Waals surface area contributed by atoms with Gasteiger partial charge in [-0.05, 0) is 6.92 Å². The number of aromatic nitrogens is 2. The number of rotatable bonds is 6. The first-order valence-electron chi connectivity index (χ1n) is 9.64. The monoisotopic (exact) mass is 474 g/mol. The second-order valence-corrected chi connectivity index (χ2v) is 7.13. The fraction of sp³-hybridized carbons (Fsp3) is 0.579. The lowest BCUT2D eigenvalue weighted by Gasteiger charge is -2.44. The van der Waals surface area contributed by atoms with Crippen LogP contribution in [0, 0.1) is 12.9 Å². The lowest BCUT2D eigenvalue weighted by atomic mass is 9.97. The van der Waals surface area contributed by atoms with E-state index in [2.05, 4.69) is 0 Å². The number of carbonyl (C=O) groups is 4. The third kappa shape index (κ3) is 6.03. The number of esters is 4. The van der Waals surface area contributed by atoms with Crippen LogP contribution in [-0.2, 0) is 42.9 Å². The lowest BCUT2D eigenvalue weighted by Crippen LogP contribution is -2.62. The van der Waals surface area contributed by atoms with Crippen molar-refractivity contribution in [2.45, 2.75) is 65.3 Å². The van der Waals surface area contributed by atoms with Gasteiger partial charge < -0.3 is 23.7 Å². The number of hydrogen-bond donors (Lipinski definition) is 1. The Labute approximate surface area is 185 Å². The van der Waals surface area contributed by atoms with Crippen LogP contribution in [0.1, 0.15) is 39.5 Å². The van der Waals surface area contributed by atoms with Crippen LogP contribution in [0.4, 0.5) is 4.39 Å². The van der Waals surface area contributed by atoms with Crippen molar-refractivity contribution < 1.29 is 47.3 Å². The average molecular weight is 474 g/mol. The summed E-state index contributed by atoms with van der Waals surface area (Å²) in [6.07, 6.45) is -7.99. The predicted molar refractivity (Wildman–Crippen MR) is 103 cm³/mol. The molecule has 0 saturated carbocycles. The molecule has 182 valence electrons. The van der Waals surface area contributed by atoms with Gasteiger partial charge in [0.05, 0.1) is 5.56 Å². The second-order valence-electron chi connectivity index (χ2n) is 7.13. The van der Waals surface area contributed by atoms with Crippen LogP contribution in [-0.4, -0.2) is 64.5 Å². The number of carbonyl (C=O) groups excluding carboxylic acids is 4. The molecule has 1 N–H and O–H groups in total. The van der Waals surface area contributed by atoms with E-state index in [0.29, 0.717) is 4.57 Å². The van der Waals surface area contributed by atoms with Crippen molar-refractivity contribution in [2.75, 3.05) is 6.61 Å². The summed E-state index contributed by atoms with van der Waals surface area (Å²) < 4.78 is 41.5. The van der Waals surface area contributed by atoms with Crippen molar-refractivity contribution in [3.8, 4) is 0 Å². The molecule has 2 heterocycles. The van der Waals surface area contributed by atoms with Crippen LogP contribution in [0.15, 0.2) is 9.59 Å². The molecule has 33 heavy (non-hydrogen) atoms. The molecule has 0 radical (unpaired) electrons. The molecular weight excluding hydrogens is 451 g/mol. The molecule has 1 fully saturated rings. The molecule has 0 unspecified atom stereocenters. The van der Waals surface area contributed by atoms with E-state index < -0.39 is 83.9 Å². The fourth-order valence-corrected chi connectivity index (χ4v) is 3.26. The lowest BCUT2D eigenvalue weighted by molar-refractivity contribution is -0.270. The molecule has 0 aromatic carbocycles. The zero-order valence-corrected chi connectivity index (χ0v) is 18.4. The van der Waals surface area contributed by atoms with Gasteiger partial charge in [0.15, 0.2) is 24.5 Å². The summed E-state index contributed by atoms with van der Waals surface area (Å²) in [5.74, 6) is -4.74. The maximum atomic E-state index is 15.0. The summed E-state index contributed by atoms with van der Waals surface area (Å²) in [5.41, 5.74) is -2.74. The highest BCUT2D eigenvalue weighted by atomic mass is 19.1. The quantitative estimate of drug-likeness (QED) is 0.312. The van der Waals surface area contributed by atoms with Crippen LogP contribution in [0.25, 0.3) is 0 Å². The zero-order chi connectivity index (χ0) is 25.0. The van der Waals surface area contributed by atoms with Gasteiger partial charge in [0.25, 0.3) is 5.56 Å². The minimum Gasteiger partial charge on any atom is -0.463 e. The standard InChI is InChI=1S/C19H23FN2O11/c1-7-16(20)22(19(28)21-17(7)27)18-15(32-11(5)26)14(31-10(4)25)13(30-9(3)24)12(33-18)6-29-8(2)23/h12-15,18H,6H2,1-5H3,(H,21,27,28)/t12-,13-,14+,15-,18-/m1/s1. The molecule has 1 aliphatic heterocycles. The normalized spacial score (nSPS) is 24.5. The third-order valence-corrected chi connectivity index (χ3v) is 4.52. The summed E-state index contributed by atoms with van der Waals surface area (Å²) >= 11 is 0. The van der Waals surface area contributed by atoms with Gasteiger partial charge in [-0.25, -0.2) is 9.36 Å². The Bertz CT molecular complexity index is 1060. The largest absolute Gasteiger partial charge is 0.463 e. The van der Waals surface area contributed by atoms with Crippen LogP contribution >= 0.6 is 0 Å². The fourth-order valence-electron chi connectivity index (χ4n) is 3.26. The maximum absolute atomic E-state index is 15.0. The van der Waals surface area contributed by atoms with Gasteiger partial charge in [0, 0.05) is 27.7 Å². The summed E-state index contributed by atoms with van der Waals surface area (Å²) in [6, 6.07) is 0. The van der Waals surface area contributed by atoms with Crippen LogP contribution in [0.2, 0.25) is 0 Å². The van der Waals surface area contributed by atoms with Crippen molar-refractivity contribution in [3.63, 3.8) is 0 Å². The number of aromatic amines is 1. The molecule has 1 aromatic heterocycles. The minimum absolute atomic E-state index is 0.353. The molecule has 13 nitrogen and oxygen atoms in total. The first-order chi connectivity index (χ1) is 15.3. The summed E-state index contributed by atoms with van der Waals surface area (Å²) in [6.45, 7) is 4.66. The Kier molecular flexibility index (Phi) is 8.08. The smallest absolute Gasteiger partial charge is 0.332 e. The van der Waals surface area contributed by atoms with Crippen LogP contribution in [0.5, 0.6) is 0 Å². The summed E-state index contributed by atoms with van der Waals surface area (Å²) in [7, 11) is 0. The Morgan fingerprint density at radius 3 is 1.94 bits per heavy atom. The van der Waals surface area contributed by atoms with E-state index in [1.807, 2.05) is 4.98 Å². The Morgan fingerprint density at radius 2 is 1.42 bits per heavy atom. The topological polar surface area (TPSA) is 169 Å². The molecule has 0 amide bonds. The van der Waals surface area contributed by atoms with Crippen molar-refractivity contribution in [2.24, 2.45) is 0 Å². The van der Waals surface area contributed by atoms with Crippen LogP contribution in [0.3, 0.4) is 0 Å². The molecule has 2 rings (SSSR count). The second kappa shape index (κ2) is 10.4. The van der Waals surface area contributed by atoms with E-state index in [-0.39, 0.29) is 0 Å². The van der Waals surface area contributed by atoms with E-state index >= 15 is 4.39 Å². The first kappa shape index (κ1) is 25.7. The maximum Gasteiger partial charge on any atom is 0.332 e. The SMILES string of the molecule is CC(=O)OC[C@H]1O[C@@H](n2c(F)c(C)c(=O)[nH]c2=O)[C@H](OC(C)=O)[C@@H](OC(C)=O)[C@@H]1OC(C)=O. The van der Waals surface area contributed by atoms with Crippen LogP contribution < -0.4 is 11.2 Å². The highest BCUT2D eigenvalue weighted by molar-refractivity contribution is 5.68. The Morgan fingerprint density at radius 1 is 0.909 bits per heavy atom. The number of halogens is 1. The van der Waals surface area contributed by atoms with Gasteiger partial charge in [-0.1, -0.05) is 0 Å². The molecule has 14 heteroatoms. The first-order valence-corrected chi connectivity index (χ1v) is 9.64. The highest BCUT2D eigenvalue weighted by Crippen LogP contribution is 2.34. The number of nitrogens with zero attached hydrogens (tertiary/aromatic N) is 1. The Balaban J connectivity index is 2.72. The number of hydrogen-bond acceptors (Lipinski definition) is 11. The molecule has 0 bridgehead atoms. The number of nitrogens with one attached hydrogen (secondary N) is 1. The summed E-state index contributed by atoms with van der Waals surface area (Å²) in [5, 5.41) is 0. The van der Waals surface area contributed by atoms with Gasteiger partial charge in [-0.3, -0.25) is 29.0 Å². The minimum atomic E-state index is -1.81. The van der Waals surface area contributed by atoms with E-state index in [1.54, 1.807) is 0 Å². The zero-order valence-electron chi connectivity index (χ0n) is 18.4. The van der Waals surface area contributed by atoms with E-state index in [9.17, 15) is 28.8 Å². The summed E-state index contributed by atoms with van der Waals surface area (Å²) in [4.78, 5) is 72.8. The van der Waals surface area contributed by atoms with Crippen molar-refractivity contribution in [1.29, 1.82) is 0 Å². The predicted octanol–water partition coefficient (Wildman–Crippen LogP) is -0.760. The van der Waals surface area contributed by atoms with Gasteiger partial charge in [-0.15, -0.1) is 0 Å². The van der Waals surface area contributed by atoms with Crippen molar-refractivity contribution in [1.82, 2.24) is 9.55 Å². The molecule has 1 aliphatic rings. The molecule has 5 atom stereocenters. The third-order valence-electron chi connectivity index (χ3n) is 4.52. The van der Waals surface area contributed by atoms with Gasteiger partial charge >= 0.3 is 29.6 Å². The number of ether oxygens (including phenoxy) is 5. The van der Waals surface area contributed by atoms with Gasteiger partial charge in [0.2, 0.25) is 5.95 Å². The molecule has 1 saturated heterocycles. The number of H-pyrrole nitrogens is 1. The Hall–Kier alpha value is -3.55. The molecule has 1 aromatic rings. The van der Waals surface area contributed by atoms with E-state index in [4.69, 9.17) is 23.7 Å². The van der Waals surface area contributed by atoms with Gasteiger partial charge in [0.1, 0.15) is 12.7 Å². The van der Waals surface area contributed by atoms with Gasteiger partial charge in [-0.2, -0.15) is 4.39 Å². The molecular formula is C19H23FN2O11. The van der Waals surface area contributed by atoms with Crippen molar-refractivity contribution >= 4 is 23.9 Å². The molecule has 0 aliphatic carbocycles. The van der Waals surface area contributed by atoms with E-state index in [1.165, 1.54) is 0 Å². The average Bonchev–Trinajstić information content (AvgIpc) is 2.68.